The van der Waals surface area contributed by atoms with Gasteiger partial charge in [-0.15, -0.1) is 0 Å². The molecule has 0 saturated carbocycles. The number of carbonyl (C=O) groups excluding carboxylic acids is 2. The molecule has 1 N–H and O–H groups in total. The summed E-state index contributed by atoms with van der Waals surface area (Å²) in [7, 11) is 0. The van der Waals surface area contributed by atoms with E-state index in [2.05, 4.69) is 4.99 Å². The normalized spacial score (nSPS) is 16.7. The van der Waals surface area contributed by atoms with Crippen LogP contribution in [0, 0.1) is 6.92 Å². The molecule has 0 bridgehead atoms. The molecule has 0 radical (unpaired) electrons. The summed E-state index contributed by atoms with van der Waals surface area (Å²) in [6.45, 7) is 0.851. The van der Waals surface area contributed by atoms with E-state index in [0.29, 0.717) is 6.07 Å². The van der Waals surface area contributed by atoms with E-state index in [1.807, 2.05) is 0 Å². The molecular weight excluding hydrogens is 1370 g/mol. The third-order valence-electron chi connectivity index (χ3n) is 11.3. The number of halogens is 47. The summed E-state index contributed by atoms with van der Waals surface area (Å²) >= 11 is 0. The molecule has 0 aliphatic heterocycles. The molecule has 0 saturated heterocycles. The minimum absolute atomic E-state index is 0.116. The maximum absolute atomic E-state index is 14.6. The highest BCUT2D eigenvalue weighted by Gasteiger charge is 3.04. The molecule has 0 spiro atoms. The quantitative estimate of drug-likeness (QED) is 0.0571. The molecule has 86 heavy (non-hydrogen) atoms. The highest BCUT2D eigenvalue weighted by Crippen LogP contribution is 2.72. The first kappa shape index (κ1) is 78.8. The van der Waals surface area contributed by atoms with Gasteiger partial charge in [0.15, 0.2) is 0 Å². The second-order valence-corrected chi connectivity index (χ2v) is 17.0. The molecule has 0 aromatic heterocycles. The van der Waals surface area contributed by atoms with Crippen molar-refractivity contribution in [2.24, 2.45) is 4.99 Å². The monoisotopic (exact) mass is 1390 g/mol. The fourth-order valence-electron chi connectivity index (χ4n) is 6.06. The number of isocyanates is 1. The van der Waals surface area contributed by atoms with E-state index in [-0.39, 0.29) is 12.5 Å². The highest BCUT2D eigenvalue weighted by molar-refractivity contribution is 6.00. The lowest BCUT2D eigenvalue weighted by atomic mass is 9.81. The first-order valence-electron chi connectivity index (χ1n) is 19.6. The van der Waals surface area contributed by atoms with Crippen LogP contribution in [0.25, 0.3) is 0 Å². The van der Waals surface area contributed by atoms with Gasteiger partial charge in [-0.25, -0.2) is 4.79 Å². The second kappa shape index (κ2) is 20.7. The van der Waals surface area contributed by atoms with Gasteiger partial charge in [0.25, 0.3) is 5.91 Å². The topological polar surface area (TPSA) is 58.5 Å². The van der Waals surface area contributed by atoms with E-state index in [0.717, 1.165) is 30.5 Å². The van der Waals surface area contributed by atoms with Gasteiger partial charge in [0.05, 0.1) is 11.3 Å². The van der Waals surface area contributed by atoms with Crippen LogP contribution >= 0.6 is 0 Å². The summed E-state index contributed by atoms with van der Waals surface area (Å²) in [4.78, 5) is 25.9. The molecule has 504 valence electrons. The van der Waals surface area contributed by atoms with Crippen molar-refractivity contribution in [3.8, 4) is 0 Å². The standard InChI is InChI=1S/C35H13F47N2O2/c1-8-4-3-5-10(11(8)83-7-85)12(86)84-9(2)6-13(36,37)14(38,39)15(40,41)16(42,43)17(44,45)18(46,47)19(48,49)20(50,51)21(52,53)22(54,55)23(56,57)24(58,59)25(60,61)26(62,63)27(64,65)28(66,67)29(68,69)30(70,71)31(72,73)32(74,75)33(76,77)34(78,79)35(80,81)82/h3-5,9H,6H2,1-2H3,(H,84,86). The largest absolute Gasteiger partial charge is 0.460 e. The minimum Gasteiger partial charge on any atom is -0.349 e. The number of benzene rings is 1. The van der Waals surface area contributed by atoms with Crippen molar-refractivity contribution < 1.29 is 216 Å². The molecule has 1 unspecified atom stereocenters. The number of hydrogen-bond donors (Lipinski definition) is 1. The number of alkyl halides is 47. The highest BCUT2D eigenvalue weighted by atomic mass is 19.4. The van der Waals surface area contributed by atoms with Crippen molar-refractivity contribution in [2.75, 3.05) is 0 Å². The van der Waals surface area contributed by atoms with E-state index >= 15 is 0 Å². The Morgan fingerprint density at radius 2 is 0.558 bits per heavy atom. The first-order valence-corrected chi connectivity index (χ1v) is 19.6. The maximum Gasteiger partial charge on any atom is 0.460 e. The summed E-state index contributed by atoms with van der Waals surface area (Å²) in [5.41, 5.74) is -2.14. The number of aliphatic imine (C=N–C) groups is 1. The molecule has 1 rings (SSSR count). The maximum atomic E-state index is 14.6. The fourth-order valence-corrected chi connectivity index (χ4v) is 6.06. The van der Waals surface area contributed by atoms with Gasteiger partial charge in [-0.05, 0) is 25.5 Å². The molecule has 1 amide bonds. The van der Waals surface area contributed by atoms with E-state index < -0.39 is 166 Å². The number of para-hydroxylation sites is 1. The second-order valence-electron chi connectivity index (χ2n) is 17.0. The lowest BCUT2D eigenvalue weighted by Gasteiger charge is -2.47. The van der Waals surface area contributed by atoms with Crippen molar-refractivity contribution in [3.63, 3.8) is 0 Å². The fraction of sp³-hybridized carbons (Fsp3) is 0.771. The summed E-state index contributed by atoms with van der Waals surface area (Å²) < 4.78 is 659. The van der Waals surface area contributed by atoms with Gasteiger partial charge >= 0.3 is 136 Å². The summed E-state index contributed by atoms with van der Waals surface area (Å²) in [6, 6.07) is -0.785. The van der Waals surface area contributed by atoms with Crippen molar-refractivity contribution >= 4 is 17.7 Å². The van der Waals surface area contributed by atoms with Crippen LogP contribution in [0.5, 0.6) is 0 Å². The number of rotatable bonds is 26. The Bertz CT molecular complexity index is 2710. The smallest absolute Gasteiger partial charge is 0.349 e. The van der Waals surface area contributed by atoms with Gasteiger partial charge < -0.3 is 5.32 Å². The van der Waals surface area contributed by atoms with E-state index in [1.54, 1.807) is 0 Å². The average molecular weight is 1390 g/mol. The van der Waals surface area contributed by atoms with Crippen LogP contribution in [0.1, 0.15) is 29.3 Å². The van der Waals surface area contributed by atoms with Crippen molar-refractivity contribution in [1.29, 1.82) is 0 Å². The number of aryl methyl sites for hydroxylation is 1. The number of nitrogens with one attached hydrogen (secondary N) is 1. The Morgan fingerprint density at radius 3 is 0.756 bits per heavy atom. The van der Waals surface area contributed by atoms with E-state index in [9.17, 15) is 216 Å². The average Bonchev–Trinajstić information content (AvgIpc) is 0.800. The number of hydrogen-bond acceptors (Lipinski definition) is 3. The third-order valence-corrected chi connectivity index (χ3v) is 11.3. The zero-order valence-electron chi connectivity index (χ0n) is 38.5. The number of nitrogens with zero attached hydrogens (tertiary/aromatic N) is 1. The third kappa shape index (κ3) is 9.60. The van der Waals surface area contributed by atoms with Gasteiger partial charge in [0, 0.05) is 12.5 Å². The molecule has 0 fully saturated rings. The molecule has 1 atom stereocenters. The predicted octanol–water partition coefficient (Wildman–Crippen LogP) is 17.0. The minimum atomic E-state index is -10.9. The molecule has 51 heteroatoms. The molecule has 1 aromatic rings. The van der Waals surface area contributed by atoms with E-state index in [1.165, 1.54) is 0 Å². The van der Waals surface area contributed by atoms with Crippen LogP contribution in [-0.2, 0) is 4.79 Å². The molecule has 4 nitrogen and oxygen atoms in total. The molecule has 0 aliphatic carbocycles. The van der Waals surface area contributed by atoms with Gasteiger partial charge in [-0.3, -0.25) is 4.79 Å². The summed E-state index contributed by atoms with van der Waals surface area (Å²) in [5.74, 6) is -227. The molecule has 0 heterocycles. The predicted molar refractivity (Wildman–Crippen MR) is 175 cm³/mol. The van der Waals surface area contributed by atoms with Gasteiger partial charge in [-0.2, -0.15) is 211 Å². The summed E-state index contributed by atoms with van der Waals surface area (Å²) in [6.07, 6.45) is -11.4. The molecule has 1 aromatic carbocycles. The van der Waals surface area contributed by atoms with Crippen LogP contribution in [0.4, 0.5) is 212 Å². The molecular formula is C35H13F47N2O2. The zero-order valence-corrected chi connectivity index (χ0v) is 38.5. The van der Waals surface area contributed by atoms with Crippen molar-refractivity contribution in [1.82, 2.24) is 5.32 Å². The SMILES string of the molecule is Cc1cccc(C(=O)NC(C)CC(F)(F)C(F)(F)C(F)(F)C(F)(F)C(F)(F)C(F)(F)C(F)(F)C(F)(F)C(F)(F)C(F)(F)C(F)(F)C(F)(F)C(F)(F)C(F)(F)C(F)(F)C(F)(F)C(F)(F)C(F)(F)C(F)(F)C(F)(F)C(F)(F)C(F)(F)C(F)(F)F)c1N=C=O. The number of carbonyl (C=O) groups is 1. The Morgan fingerprint density at radius 1 is 0.360 bits per heavy atom. The van der Waals surface area contributed by atoms with Crippen LogP contribution in [0.2, 0.25) is 0 Å². The Hall–Kier alpha value is -5.22. The van der Waals surface area contributed by atoms with Gasteiger partial charge in [0.2, 0.25) is 6.08 Å². The van der Waals surface area contributed by atoms with Gasteiger partial charge in [0.1, 0.15) is 0 Å². The first-order chi connectivity index (χ1) is 36.7. The van der Waals surface area contributed by atoms with E-state index in [4.69, 9.17) is 0 Å². The zero-order chi connectivity index (χ0) is 70.3. The van der Waals surface area contributed by atoms with Crippen LogP contribution in [-0.4, -0.2) is 155 Å². The van der Waals surface area contributed by atoms with Crippen LogP contribution < -0.4 is 5.32 Å². The number of amides is 1. The Kier molecular flexibility index (Phi) is 18.9. The summed E-state index contributed by atoms with van der Waals surface area (Å²) in [5, 5.41) is 1.08. The lowest BCUT2D eigenvalue weighted by molar-refractivity contribution is -0.498. The Labute approximate surface area is 437 Å². The van der Waals surface area contributed by atoms with Crippen LogP contribution in [0.15, 0.2) is 23.2 Å². The lowest BCUT2D eigenvalue weighted by Crippen LogP contribution is -2.81. The van der Waals surface area contributed by atoms with Crippen LogP contribution in [0.3, 0.4) is 0 Å². The van der Waals surface area contributed by atoms with Gasteiger partial charge in [-0.1, -0.05) is 12.1 Å². The van der Waals surface area contributed by atoms with Crippen molar-refractivity contribution in [2.45, 2.75) is 163 Å². The van der Waals surface area contributed by atoms with Crippen molar-refractivity contribution in [3.05, 3.63) is 29.3 Å². The molecule has 0 aliphatic rings. The Balaban J connectivity index is 4.10.